The first-order chi connectivity index (χ1) is 8.25. The van der Waals surface area contributed by atoms with Gasteiger partial charge in [0.1, 0.15) is 0 Å². The molecule has 17 heavy (non-hydrogen) atoms. The maximum Gasteiger partial charge on any atom is 0.271 e. The molecule has 86 valence electrons. The van der Waals surface area contributed by atoms with E-state index >= 15 is 0 Å². The molecule has 0 aliphatic rings. The van der Waals surface area contributed by atoms with E-state index in [0.717, 1.165) is 10.2 Å². The molecule has 4 nitrogen and oxygen atoms in total. The lowest BCUT2D eigenvalue weighted by Gasteiger charge is -1.99. The summed E-state index contributed by atoms with van der Waals surface area (Å²) in [6.45, 7) is 0. The monoisotopic (exact) mass is 291 g/mol. The largest absolute Gasteiger partial charge is 0.360 e. The van der Waals surface area contributed by atoms with Crippen molar-refractivity contribution < 1.29 is 4.79 Å². The molecule has 2 aromatic rings. The van der Waals surface area contributed by atoms with Crippen molar-refractivity contribution in [2.24, 2.45) is 5.10 Å². The molecule has 0 atom stereocenters. The topological polar surface area (TPSA) is 57.2 Å². The Morgan fingerprint density at radius 3 is 2.94 bits per heavy atom. The first-order valence-corrected chi connectivity index (χ1v) is 5.77. The van der Waals surface area contributed by atoms with Crippen molar-refractivity contribution in [2.75, 3.05) is 0 Å². The van der Waals surface area contributed by atoms with E-state index in [4.69, 9.17) is 0 Å². The Morgan fingerprint density at radius 2 is 2.24 bits per heavy atom. The van der Waals surface area contributed by atoms with Crippen molar-refractivity contribution >= 4 is 28.1 Å². The van der Waals surface area contributed by atoms with Crippen molar-refractivity contribution in [3.8, 4) is 0 Å². The van der Waals surface area contributed by atoms with Crippen LogP contribution in [0.4, 0.5) is 0 Å². The minimum absolute atomic E-state index is 0.242. The van der Waals surface area contributed by atoms with Gasteiger partial charge in [-0.1, -0.05) is 22.0 Å². The van der Waals surface area contributed by atoms with Gasteiger partial charge in [-0.05, 0) is 30.3 Å². The molecule has 1 heterocycles. The molecule has 0 fully saturated rings. The van der Waals surface area contributed by atoms with Crippen LogP contribution in [-0.4, -0.2) is 17.1 Å². The van der Waals surface area contributed by atoms with Gasteiger partial charge in [-0.2, -0.15) is 5.10 Å². The zero-order valence-electron chi connectivity index (χ0n) is 8.85. The summed E-state index contributed by atoms with van der Waals surface area (Å²) in [6.07, 6.45) is 3.34. The van der Waals surface area contributed by atoms with Gasteiger partial charge >= 0.3 is 0 Å². The van der Waals surface area contributed by atoms with Gasteiger partial charge in [0.05, 0.1) is 11.9 Å². The second kappa shape index (κ2) is 5.45. The first-order valence-electron chi connectivity index (χ1n) is 4.98. The fourth-order valence-electron chi connectivity index (χ4n) is 1.28. The summed E-state index contributed by atoms with van der Waals surface area (Å²) in [5.41, 5.74) is 3.85. The van der Waals surface area contributed by atoms with E-state index in [9.17, 15) is 4.79 Å². The number of rotatable bonds is 3. The van der Waals surface area contributed by atoms with Crippen LogP contribution in [0.2, 0.25) is 0 Å². The van der Waals surface area contributed by atoms with Gasteiger partial charge in [0.15, 0.2) is 0 Å². The Hall–Kier alpha value is -1.88. The standard InChI is InChI=1S/C12H10BrN3O/c13-10-4-1-3-9(7-10)12(17)16-15-8-11-5-2-6-14-11/h1-8,14H,(H,16,17)/b15-8-. The second-order valence-corrected chi connectivity index (χ2v) is 4.25. The third-order valence-corrected chi connectivity index (χ3v) is 2.57. The van der Waals surface area contributed by atoms with Crippen LogP contribution in [0.5, 0.6) is 0 Å². The Morgan fingerprint density at radius 1 is 1.35 bits per heavy atom. The average Bonchev–Trinajstić information content (AvgIpc) is 2.82. The van der Waals surface area contributed by atoms with Gasteiger partial charge in [0.25, 0.3) is 5.91 Å². The lowest BCUT2D eigenvalue weighted by molar-refractivity contribution is 0.0955. The lowest BCUT2D eigenvalue weighted by atomic mass is 10.2. The minimum atomic E-state index is -0.242. The van der Waals surface area contributed by atoms with Crippen LogP contribution < -0.4 is 5.43 Å². The van der Waals surface area contributed by atoms with E-state index in [-0.39, 0.29) is 5.91 Å². The smallest absolute Gasteiger partial charge is 0.271 e. The molecule has 0 aliphatic carbocycles. The lowest BCUT2D eigenvalue weighted by Crippen LogP contribution is -2.17. The van der Waals surface area contributed by atoms with Gasteiger partial charge in [-0.25, -0.2) is 5.43 Å². The quantitative estimate of drug-likeness (QED) is 0.663. The first kappa shape index (κ1) is 11.6. The van der Waals surface area contributed by atoms with Crippen molar-refractivity contribution in [2.45, 2.75) is 0 Å². The van der Waals surface area contributed by atoms with Gasteiger partial charge in [-0.3, -0.25) is 4.79 Å². The van der Waals surface area contributed by atoms with Crippen molar-refractivity contribution in [3.05, 3.63) is 58.3 Å². The highest BCUT2D eigenvalue weighted by Gasteiger charge is 2.03. The molecular weight excluding hydrogens is 282 g/mol. The molecule has 0 spiro atoms. The number of hydrogen-bond donors (Lipinski definition) is 2. The van der Waals surface area contributed by atoms with Gasteiger partial charge in [-0.15, -0.1) is 0 Å². The van der Waals surface area contributed by atoms with E-state index in [0.29, 0.717) is 5.56 Å². The Bertz CT molecular complexity index is 534. The molecule has 1 aromatic carbocycles. The molecule has 0 saturated heterocycles. The summed E-state index contributed by atoms with van der Waals surface area (Å²) in [6, 6.07) is 10.8. The maximum atomic E-state index is 11.7. The number of amides is 1. The van der Waals surface area contributed by atoms with Crippen LogP contribution >= 0.6 is 15.9 Å². The fourth-order valence-corrected chi connectivity index (χ4v) is 1.68. The summed E-state index contributed by atoms with van der Waals surface area (Å²) >= 11 is 3.31. The normalized spacial score (nSPS) is 10.6. The number of aromatic nitrogens is 1. The molecule has 2 N–H and O–H groups in total. The van der Waals surface area contributed by atoms with Crippen molar-refractivity contribution in [1.82, 2.24) is 10.4 Å². The molecular formula is C12H10BrN3O. The summed E-state index contributed by atoms with van der Waals surface area (Å²) < 4.78 is 0.860. The Balaban J connectivity index is 1.98. The van der Waals surface area contributed by atoms with Crippen LogP contribution in [0.1, 0.15) is 16.1 Å². The van der Waals surface area contributed by atoms with Crippen LogP contribution in [0.15, 0.2) is 52.2 Å². The number of nitrogens with one attached hydrogen (secondary N) is 2. The highest BCUT2D eigenvalue weighted by molar-refractivity contribution is 9.10. The SMILES string of the molecule is O=C(N/N=C\c1ccc[nH]1)c1cccc(Br)c1. The molecule has 0 unspecified atom stereocenters. The zero-order chi connectivity index (χ0) is 12.1. The summed E-state index contributed by atoms with van der Waals surface area (Å²) in [4.78, 5) is 14.6. The third kappa shape index (κ3) is 3.29. The molecule has 5 heteroatoms. The van der Waals surface area contributed by atoms with Crippen LogP contribution in [0.3, 0.4) is 0 Å². The highest BCUT2D eigenvalue weighted by atomic mass is 79.9. The van der Waals surface area contributed by atoms with E-state index in [1.54, 1.807) is 30.6 Å². The van der Waals surface area contributed by atoms with Gasteiger partial charge in [0.2, 0.25) is 0 Å². The van der Waals surface area contributed by atoms with E-state index in [1.165, 1.54) is 0 Å². The Kier molecular flexibility index (Phi) is 3.72. The summed E-state index contributed by atoms with van der Waals surface area (Å²) in [5, 5.41) is 3.85. The highest BCUT2D eigenvalue weighted by Crippen LogP contribution is 2.11. The number of carbonyl (C=O) groups is 1. The van der Waals surface area contributed by atoms with Crippen LogP contribution in [0, 0.1) is 0 Å². The third-order valence-electron chi connectivity index (χ3n) is 2.08. The number of H-pyrrole nitrogens is 1. The van der Waals surface area contributed by atoms with Gasteiger partial charge < -0.3 is 4.98 Å². The Labute approximate surface area is 107 Å². The average molecular weight is 292 g/mol. The molecule has 1 aromatic heterocycles. The molecule has 2 rings (SSSR count). The minimum Gasteiger partial charge on any atom is -0.360 e. The molecule has 0 radical (unpaired) electrons. The van der Waals surface area contributed by atoms with E-state index in [1.807, 2.05) is 18.2 Å². The van der Waals surface area contributed by atoms with Crippen molar-refractivity contribution in [3.63, 3.8) is 0 Å². The predicted octanol–water partition coefficient (Wildman–Crippen LogP) is 2.54. The van der Waals surface area contributed by atoms with E-state index in [2.05, 4.69) is 31.4 Å². The summed E-state index contributed by atoms with van der Waals surface area (Å²) in [5.74, 6) is -0.242. The van der Waals surface area contributed by atoms with Gasteiger partial charge in [0, 0.05) is 16.2 Å². The van der Waals surface area contributed by atoms with E-state index < -0.39 is 0 Å². The number of carbonyl (C=O) groups excluding carboxylic acids is 1. The molecule has 0 saturated carbocycles. The summed E-state index contributed by atoms with van der Waals surface area (Å²) in [7, 11) is 0. The molecule has 0 aliphatic heterocycles. The maximum absolute atomic E-state index is 11.7. The number of halogens is 1. The molecule has 0 bridgehead atoms. The molecule has 1 amide bonds. The number of hydrogen-bond acceptors (Lipinski definition) is 2. The van der Waals surface area contributed by atoms with Crippen molar-refractivity contribution in [1.29, 1.82) is 0 Å². The number of benzene rings is 1. The van der Waals surface area contributed by atoms with Crippen LogP contribution in [-0.2, 0) is 0 Å². The van der Waals surface area contributed by atoms with Crippen LogP contribution in [0.25, 0.3) is 0 Å². The zero-order valence-corrected chi connectivity index (χ0v) is 10.4. The fraction of sp³-hybridized carbons (Fsp3) is 0. The number of hydrazone groups is 1. The number of aromatic amines is 1. The number of nitrogens with zero attached hydrogens (tertiary/aromatic N) is 1. The predicted molar refractivity (Wildman–Crippen MR) is 70.0 cm³/mol. The second-order valence-electron chi connectivity index (χ2n) is 3.33.